The van der Waals surface area contributed by atoms with Gasteiger partial charge in [0.1, 0.15) is 6.04 Å². The van der Waals surface area contributed by atoms with Crippen molar-refractivity contribution >= 4 is 34.9 Å². The molecule has 2 aromatic rings. The fourth-order valence-corrected chi connectivity index (χ4v) is 4.95. The lowest BCUT2D eigenvalue weighted by molar-refractivity contribution is -0.142. The molecule has 31 heavy (non-hydrogen) atoms. The number of aryl methyl sites for hydroxylation is 1. The van der Waals surface area contributed by atoms with Gasteiger partial charge in [0.25, 0.3) is 0 Å². The van der Waals surface area contributed by atoms with Gasteiger partial charge in [-0.15, -0.1) is 11.3 Å². The number of nitrogens with zero attached hydrogens (tertiary/aromatic N) is 2. The number of benzene rings is 1. The molecule has 2 heterocycles. The Morgan fingerprint density at radius 3 is 2.61 bits per heavy atom. The summed E-state index contributed by atoms with van der Waals surface area (Å²) in [7, 11) is 0. The fourth-order valence-electron chi connectivity index (χ4n) is 3.69. The molecule has 1 aromatic carbocycles. The van der Waals surface area contributed by atoms with Crippen molar-refractivity contribution in [1.29, 1.82) is 0 Å². The van der Waals surface area contributed by atoms with Crippen LogP contribution in [-0.4, -0.2) is 56.5 Å². The standard InChI is InChI=1S/C23H31N3O3S2/c1-14(23(3,4)30-5)22(29)26-12-18(27)10-19(26)21(28)24-11-16-6-8-17(9-7-16)20-15(2)25-13-31-20/h6-9,13-14,18-19,27H,10-12H2,1-5H3,(H,24,28)/t14-,18-,19+/m1/s1. The molecule has 0 saturated carbocycles. The van der Waals surface area contributed by atoms with E-state index in [9.17, 15) is 14.7 Å². The second kappa shape index (κ2) is 9.71. The number of rotatable bonds is 7. The highest BCUT2D eigenvalue weighted by atomic mass is 32.2. The number of thiazole rings is 1. The van der Waals surface area contributed by atoms with Gasteiger partial charge in [-0.3, -0.25) is 9.59 Å². The van der Waals surface area contributed by atoms with E-state index >= 15 is 0 Å². The molecule has 2 N–H and O–H groups in total. The van der Waals surface area contributed by atoms with Crippen LogP contribution in [0.15, 0.2) is 29.8 Å². The van der Waals surface area contributed by atoms with Crippen LogP contribution in [-0.2, 0) is 16.1 Å². The van der Waals surface area contributed by atoms with Crippen molar-refractivity contribution in [3.8, 4) is 10.4 Å². The number of β-amino-alcohol motifs (C(OH)–C–C–N with tert-alkyl or cyclic N) is 1. The number of carbonyl (C=O) groups excluding carboxylic acids is 2. The Bertz CT molecular complexity index is 926. The number of aromatic nitrogens is 1. The highest BCUT2D eigenvalue weighted by Gasteiger charge is 2.43. The summed E-state index contributed by atoms with van der Waals surface area (Å²) in [5.74, 6) is -0.562. The molecule has 1 saturated heterocycles. The number of amides is 2. The molecular formula is C23H31N3O3S2. The lowest BCUT2D eigenvalue weighted by Crippen LogP contribution is -2.50. The molecule has 1 aromatic heterocycles. The van der Waals surface area contributed by atoms with Gasteiger partial charge in [0.2, 0.25) is 11.8 Å². The van der Waals surface area contributed by atoms with Crippen molar-refractivity contribution in [3.05, 3.63) is 41.0 Å². The third kappa shape index (κ3) is 5.30. The molecule has 1 aliphatic rings. The number of hydrogen-bond acceptors (Lipinski definition) is 6. The van der Waals surface area contributed by atoms with E-state index in [1.807, 2.05) is 63.7 Å². The maximum absolute atomic E-state index is 13.1. The minimum absolute atomic E-state index is 0.0830. The second-order valence-electron chi connectivity index (χ2n) is 8.61. The van der Waals surface area contributed by atoms with Gasteiger partial charge in [0.15, 0.2) is 0 Å². The van der Waals surface area contributed by atoms with Crippen LogP contribution in [0.2, 0.25) is 0 Å². The molecule has 0 unspecified atom stereocenters. The fraction of sp³-hybridized carbons (Fsp3) is 0.522. The van der Waals surface area contributed by atoms with E-state index < -0.39 is 12.1 Å². The van der Waals surface area contributed by atoms with Gasteiger partial charge in [-0.05, 0) is 38.2 Å². The molecular weight excluding hydrogens is 430 g/mol. The number of carbonyl (C=O) groups is 2. The highest BCUT2D eigenvalue weighted by Crippen LogP contribution is 2.33. The Balaban J connectivity index is 1.63. The molecule has 3 rings (SSSR count). The number of nitrogens with one attached hydrogen (secondary N) is 1. The first-order valence-electron chi connectivity index (χ1n) is 10.4. The van der Waals surface area contributed by atoms with Crippen LogP contribution >= 0.6 is 23.1 Å². The Morgan fingerprint density at radius 2 is 2.03 bits per heavy atom. The van der Waals surface area contributed by atoms with Crippen molar-refractivity contribution in [2.45, 2.75) is 57.6 Å². The van der Waals surface area contributed by atoms with E-state index in [4.69, 9.17) is 0 Å². The topological polar surface area (TPSA) is 82.5 Å². The van der Waals surface area contributed by atoms with E-state index in [2.05, 4.69) is 10.3 Å². The van der Waals surface area contributed by atoms with Crippen LogP contribution in [0.3, 0.4) is 0 Å². The average Bonchev–Trinajstić information content (AvgIpc) is 3.36. The van der Waals surface area contributed by atoms with E-state index in [0.29, 0.717) is 6.54 Å². The summed E-state index contributed by atoms with van der Waals surface area (Å²) in [6.45, 7) is 8.52. The zero-order valence-corrected chi connectivity index (χ0v) is 20.3. The molecule has 1 aliphatic heterocycles. The van der Waals surface area contributed by atoms with Gasteiger partial charge < -0.3 is 15.3 Å². The van der Waals surface area contributed by atoms with Gasteiger partial charge in [-0.25, -0.2) is 4.98 Å². The quantitative estimate of drug-likeness (QED) is 0.660. The molecule has 6 nitrogen and oxygen atoms in total. The number of likely N-dealkylation sites (tertiary alicyclic amines) is 1. The number of hydrogen-bond donors (Lipinski definition) is 2. The summed E-state index contributed by atoms with van der Waals surface area (Å²) in [5.41, 5.74) is 4.93. The average molecular weight is 462 g/mol. The lowest BCUT2D eigenvalue weighted by Gasteiger charge is -2.34. The highest BCUT2D eigenvalue weighted by molar-refractivity contribution is 8.00. The summed E-state index contributed by atoms with van der Waals surface area (Å²) >= 11 is 3.24. The number of aliphatic hydroxyl groups excluding tert-OH is 1. The Labute approximate surface area is 192 Å². The zero-order chi connectivity index (χ0) is 22.8. The third-order valence-electron chi connectivity index (χ3n) is 6.23. The van der Waals surface area contributed by atoms with Crippen LogP contribution in [0.5, 0.6) is 0 Å². The number of thioether (sulfide) groups is 1. The van der Waals surface area contributed by atoms with E-state index in [0.717, 1.165) is 21.7 Å². The van der Waals surface area contributed by atoms with Gasteiger partial charge in [-0.2, -0.15) is 11.8 Å². The Hall–Kier alpha value is -1.90. The van der Waals surface area contributed by atoms with Crippen LogP contribution in [0.1, 0.15) is 38.4 Å². The second-order valence-corrected chi connectivity index (χ2v) is 10.9. The number of aliphatic hydroxyl groups is 1. The van der Waals surface area contributed by atoms with Crippen LogP contribution in [0.4, 0.5) is 0 Å². The van der Waals surface area contributed by atoms with Crippen LogP contribution in [0, 0.1) is 12.8 Å². The van der Waals surface area contributed by atoms with Gasteiger partial charge in [0, 0.05) is 30.2 Å². The summed E-state index contributed by atoms with van der Waals surface area (Å²) in [5, 5.41) is 13.1. The monoisotopic (exact) mass is 461 g/mol. The van der Waals surface area contributed by atoms with Gasteiger partial charge in [0.05, 0.1) is 22.2 Å². The zero-order valence-electron chi connectivity index (χ0n) is 18.7. The first kappa shape index (κ1) is 23.8. The lowest BCUT2D eigenvalue weighted by atomic mass is 9.95. The van der Waals surface area contributed by atoms with Crippen molar-refractivity contribution in [3.63, 3.8) is 0 Å². The smallest absolute Gasteiger partial charge is 0.243 e. The van der Waals surface area contributed by atoms with Crippen molar-refractivity contribution in [1.82, 2.24) is 15.2 Å². The van der Waals surface area contributed by atoms with E-state index in [1.54, 1.807) is 28.0 Å². The molecule has 1 fully saturated rings. The summed E-state index contributed by atoms with van der Waals surface area (Å²) < 4.78 is -0.246. The Kier molecular flexibility index (Phi) is 7.44. The van der Waals surface area contributed by atoms with Gasteiger partial charge >= 0.3 is 0 Å². The minimum Gasteiger partial charge on any atom is -0.391 e. The summed E-state index contributed by atoms with van der Waals surface area (Å²) in [6, 6.07) is 7.41. The molecule has 0 radical (unpaired) electrons. The molecule has 0 spiro atoms. The molecule has 0 aliphatic carbocycles. The van der Waals surface area contributed by atoms with Gasteiger partial charge in [-0.1, -0.05) is 31.2 Å². The SMILES string of the molecule is CSC(C)(C)[C@H](C)C(=O)N1C[C@H](O)C[C@H]1C(=O)NCc1ccc(-c2scnc2C)cc1. The van der Waals surface area contributed by atoms with E-state index in [1.165, 1.54) is 0 Å². The van der Waals surface area contributed by atoms with Crippen molar-refractivity contribution in [2.24, 2.45) is 5.92 Å². The van der Waals surface area contributed by atoms with Crippen LogP contribution in [0.25, 0.3) is 10.4 Å². The first-order valence-corrected chi connectivity index (χ1v) is 12.5. The molecule has 168 valence electrons. The maximum Gasteiger partial charge on any atom is 0.243 e. The first-order chi connectivity index (χ1) is 14.6. The molecule has 0 bridgehead atoms. The largest absolute Gasteiger partial charge is 0.391 e. The predicted molar refractivity (Wildman–Crippen MR) is 127 cm³/mol. The molecule has 2 amide bonds. The molecule has 8 heteroatoms. The van der Waals surface area contributed by atoms with Crippen LogP contribution < -0.4 is 5.32 Å². The summed E-state index contributed by atoms with van der Waals surface area (Å²) in [4.78, 5) is 33.0. The third-order valence-corrected chi connectivity index (χ3v) is 8.62. The van der Waals surface area contributed by atoms with E-state index in [-0.39, 0.29) is 35.4 Å². The molecule has 3 atom stereocenters. The normalized spacial score (nSPS) is 20.0. The van der Waals surface area contributed by atoms with Crippen molar-refractivity contribution in [2.75, 3.05) is 12.8 Å². The predicted octanol–water partition coefficient (Wildman–Crippen LogP) is 3.47. The summed E-state index contributed by atoms with van der Waals surface area (Å²) in [6.07, 6.45) is 1.58. The minimum atomic E-state index is -0.675. The Morgan fingerprint density at radius 1 is 1.35 bits per heavy atom. The maximum atomic E-state index is 13.1. The van der Waals surface area contributed by atoms with Crippen molar-refractivity contribution < 1.29 is 14.7 Å².